The first-order chi connectivity index (χ1) is 10.9. The molecule has 1 aliphatic heterocycles. The molecule has 7 nitrogen and oxygen atoms in total. The fourth-order valence-electron chi connectivity index (χ4n) is 2.22. The van der Waals surface area contributed by atoms with Gasteiger partial charge in [0.2, 0.25) is 10.0 Å². The van der Waals surface area contributed by atoms with Gasteiger partial charge < -0.3 is 10.1 Å². The first kappa shape index (κ1) is 17.3. The maximum Gasteiger partial charge on any atom is 0.338 e. The van der Waals surface area contributed by atoms with Crippen molar-refractivity contribution in [3.8, 4) is 0 Å². The van der Waals surface area contributed by atoms with Gasteiger partial charge in [0.1, 0.15) is 0 Å². The summed E-state index contributed by atoms with van der Waals surface area (Å²) >= 11 is 0. The molecule has 0 spiro atoms. The smallest absolute Gasteiger partial charge is 0.338 e. The predicted molar refractivity (Wildman–Crippen MR) is 85.8 cm³/mol. The van der Waals surface area contributed by atoms with Crippen molar-refractivity contribution < 1.29 is 22.7 Å². The third kappa shape index (κ3) is 4.44. The van der Waals surface area contributed by atoms with Crippen LogP contribution in [-0.4, -0.2) is 45.7 Å². The maximum absolute atomic E-state index is 11.8. The van der Waals surface area contributed by atoms with Crippen LogP contribution in [0.2, 0.25) is 0 Å². The van der Waals surface area contributed by atoms with Gasteiger partial charge in [-0.15, -0.1) is 0 Å². The van der Waals surface area contributed by atoms with Crippen LogP contribution in [0.15, 0.2) is 24.3 Å². The zero-order valence-electron chi connectivity index (χ0n) is 12.9. The Balaban J connectivity index is 1.94. The van der Waals surface area contributed by atoms with Gasteiger partial charge in [-0.3, -0.25) is 9.10 Å². The highest BCUT2D eigenvalue weighted by Crippen LogP contribution is 2.24. The van der Waals surface area contributed by atoms with E-state index in [1.54, 1.807) is 12.1 Å². The van der Waals surface area contributed by atoms with E-state index in [4.69, 9.17) is 4.74 Å². The van der Waals surface area contributed by atoms with E-state index >= 15 is 0 Å². The standard InChI is InChI=1S/C15H20N2O5S/c1-2-8-16-14(18)11-22-15(19)12-4-6-13(7-5-12)17-9-3-10-23(17,20)21/h4-7H,2-3,8-11H2,1H3,(H,16,18). The summed E-state index contributed by atoms with van der Waals surface area (Å²) in [5.74, 6) is -0.823. The minimum absolute atomic E-state index is 0.143. The van der Waals surface area contributed by atoms with Crippen LogP contribution < -0.4 is 9.62 Å². The van der Waals surface area contributed by atoms with Crippen LogP contribution in [-0.2, 0) is 19.6 Å². The average molecular weight is 340 g/mol. The van der Waals surface area contributed by atoms with Crippen molar-refractivity contribution in [2.45, 2.75) is 19.8 Å². The van der Waals surface area contributed by atoms with Crippen LogP contribution in [0.3, 0.4) is 0 Å². The van der Waals surface area contributed by atoms with Gasteiger partial charge in [-0.05, 0) is 37.1 Å². The number of hydrogen-bond donors (Lipinski definition) is 1. The highest BCUT2D eigenvalue weighted by molar-refractivity contribution is 7.93. The molecule has 1 heterocycles. The summed E-state index contributed by atoms with van der Waals surface area (Å²) in [6.07, 6.45) is 1.40. The zero-order valence-corrected chi connectivity index (χ0v) is 13.8. The van der Waals surface area contributed by atoms with Gasteiger partial charge in [0, 0.05) is 13.1 Å². The van der Waals surface area contributed by atoms with Gasteiger partial charge in [0.05, 0.1) is 17.0 Å². The molecule has 8 heteroatoms. The normalized spacial score (nSPS) is 16.1. The molecule has 0 radical (unpaired) electrons. The SMILES string of the molecule is CCCNC(=O)COC(=O)c1ccc(N2CCCS2(=O)=O)cc1. The molecular weight excluding hydrogens is 320 g/mol. The number of anilines is 1. The molecule has 1 fully saturated rings. The molecule has 1 aliphatic rings. The van der Waals surface area contributed by atoms with Crippen LogP contribution >= 0.6 is 0 Å². The quantitative estimate of drug-likeness (QED) is 0.777. The molecule has 0 saturated carbocycles. The number of sulfonamides is 1. The minimum Gasteiger partial charge on any atom is -0.452 e. The lowest BCUT2D eigenvalue weighted by Gasteiger charge is -2.16. The van der Waals surface area contributed by atoms with Gasteiger partial charge in [-0.25, -0.2) is 13.2 Å². The van der Waals surface area contributed by atoms with Crippen molar-refractivity contribution >= 4 is 27.6 Å². The summed E-state index contributed by atoms with van der Waals surface area (Å²) in [5, 5.41) is 2.60. The van der Waals surface area contributed by atoms with E-state index in [0.29, 0.717) is 25.2 Å². The molecule has 1 saturated heterocycles. The van der Waals surface area contributed by atoms with E-state index in [1.165, 1.54) is 16.4 Å². The first-order valence-electron chi connectivity index (χ1n) is 7.48. The van der Waals surface area contributed by atoms with Crippen molar-refractivity contribution in [1.82, 2.24) is 5.32 Å². The average Bonchev–Trinajstić information content (AvgIpc) is 2.90. The van der Waals surface area contributed by atoms with Gasteiger partial charge in [0.15, 0.2) is 6.61 Å². The summed E-state index contributed by atoms with van der Waals surface area (Å²) < 4.78 is 29.9. The van der Waals surface area contributed by atoms with Crippen molar-refractivity contribution in [3.05, 3.63) is 29.8 Å². The fraction of sp³-hybridized carbons (Fsp3) is 0.467. The van der Waals surface area contributed by atoms with Crippen LogP contribution in [0.5, 0.6) is 0 Å². The number of rotatable bonds is 6. The van der Waals surface area contributed by atoms with E-state index in [9.17, 15) is 18.0 Å². The van der Waals surface area contributed by atoms with E-state index in [-0.39, 0.29) is 23.8 Å². The topological polar surface area (TPSA) is 92.8 Å². The first-order valence-corrected chi connectivity index (χ1v) is 9.09. The number of ether oxygens (including phenoxy) is 1. The molecule has 1 N–H and O–H groups in total. The molecule has 1 amide bonds. The Kier molecular flexibility index (Phi) is 5.59. The Labute approximate surface area is 135 Å². The van der Waals surface area contributed by atoms with E-state index in [0.717, 1.165) is 6.42 Å². The molecule has 1 aromatic carbocycles. The number of nitrogens with one attached hydrogen (secondary N) is 1. The van der Waals surface area contributed by atoms with Crippen molar-refractivity contribution in [1.29, 1.82) is 0 Å². The number of benzene rings is 1. The molecule has 23 heavy (non-hydrogen) atoms. The Bertz CT molecular complexity index is 670. The van der Waals surface area contributed by atoms with E-state index < -0.39 is 16.0 Å². The lowest BCUT2D eigenvalue weighted by molar-refractivity contribution is -0.124. The minimum atomic E-state index is -3.24. The zero-order chi connectivity index (χ0) is 16.9. The predicted octanol–water partition coefficient (Wildman–Crippen LogP) is 0.909. The van der Waals surface area contributed by atoms with Crippen LogP contribution in [0, 0.1) is 0 Å². The second-order valence-corrected chi connectivity index (χ2v) is 7.23. The van der Waals surface area contributed by atoms with Gasteiger partial charge in [0.25, 0.3) is 5.91 Å². The molecule has 0 aromatic heterocycles. The second-order valence-electron chi connectivity index (χ2n) is 5.21. The molecule has 2 rings (SSSR count). The summed E-state index contributed by atoms with van der Waals surface area (Å²) in [6.45, 7) is 2.58. The Morgan fingerprint density at radius 3 is 2.52 bits per heavy atom. The number of nitrogens with zero attached hydrogens (tertiary/aromatic N) is 1. The molecule has 0 unspecified atom stereocenters. The number of hydrogen-bond acceptors (Lipinski definition) is 5. The lowest BCUT2D eigenvalue weighted by atomic mass is 10.2. The summed E-state index contributed by atoms with van der Waals surface area (Å²) in [5.41, 5.74) is 0.799. The number of carbonyl (C=O) groups excluding carboxylic acids is 2. The number of carbonyl (C=O) groups is 2. The number of esters is 1. The van der Waals surface area contributed by atoms with Gasteiger partial charge in [-0.1, -0.05) is 6.92 Å². The fourth-order valence-corrected chi connectivity index (χ4v) is 3.79. The van der Waals surface area contributed by atoms with E-state index in [1.807, 2.05) is 6.92 Å². The number of amides is 1. The molecule has 0 bridgehead atoms. The third-order valence-electron chi connectivity index (χ3n) is 3.40. The molecule has 0 aliphatic carbocycles. The lowest BCUT2D eigenvalue weighted by Crippen LogP contribution is -2.29. The van der Waals surface area contributed by atoms with Crippen LogP contribution in [0.25, 0.3) is 0 Å². The highest BCUT2D eigenvalue weighted by atomic mass is 32.2. The summed E-state index contributed by atoms with van der Waals surface area (Å²) in [4.78, 5) is 23.2. The Morgan fingerprint density at radius 1 is 1.26 bits per heavy atom. The summed E-state index contributed by atoms with van der Waals surface area (Å²) in [7, 11) is -3.24. The van der Waals surface area contributed by atoms with Gasteiger partial charge >= 0.3 is 5.97 Å². The van der Waals surface area contributed by atoms with Crippen LogP contribution in [0.4, 0.5) is 5.69 Å². The van der Waals surface area contributed by atoms with Crippen molar-refractivity contribution in [2.75, 3.05) is 29.8 Å². The second kappa shape index (κ2) is 7.45. The van der Waals surface area contributed by atoms with Crippen molar-refractivity contribution in [3.63, 3.8) is 0 Å². The third-order valence-corrected chi connectivity index (χ3v) is 5.27. The Hall–Kier alpha value is -2.09. The molecule has 1 aromatic rings. The monoisotopic (exact) mass is 340 g/mol. The molecule has 126 valence electrons. The largest absolute Gasteiger partial charge is 0.452 e. The molecular formula is C15H20N2O5S. The highest BCUT2D eigenvalue weighted by Gasteiger charge is 2.28. The Morgan fingerprint density at radius 2 is 1.96 bits per heavy atom. The van der Waals surface area contributed by atoms with Crippen molar-refractivity contribution in [2.24, 2.45) is 0 Å². The van der Waals surface area contributed by atoms with E-state index in [2.05, 4.69) is 5.32 Å². The maximum atomic E-state index is 11.8. The summed E-state index contributed by atoms with van der Waals surface area (Å²) in [6, 6.07) is 6.12. The van der Waals surface area contributed by atoms with Crippen LogP contribution in [0.1, 0.15) is 30.1 Å². The van der Waals surface area contributed by atoms with Gasteiger partial charge in [-0.2, -0.15) is 0 Å². The molecule has 0 atom stereocenters.